The molecular weight excluding hydrogens is 283 g/mol. The van der Waals surface area contributed by atoms with Crippen molar-refractivity contribution in [2.24, 2.45) is 0 Å². The number of ether oxygens (including phenoxy) is 1. The Hall–Kier alpha value is -0.490. The molecule has 13 heavy (non-hydrogen) atoms. The van der Waals surface area contributed by atoms with Crippen molar-refractivity contribution in [3.05, 3.63) is 21.3 Å². The van der Waals surface area contributed by atoms with Gasteiger partial charge in [0.15, 0.2) is 11.5 Å². The van der Waals surface area contributed by atoms with Crippen molar-refractivity contribution >= 4 is 22.6 Å². The minimum absolute atomic E-state index is 0.0453. The highest BCUT2D eigenvalue weighted by Gasteiger charge is 2.08. The lowest BCUT2D eigenvalue weighted by Gasteiger charge is -2.08. The van der Waals surface area contributed by atoms with Gasteiger partial charge >= 0.3 is 0 Å². The zero-order valence-electron chi connectivity index (χ0n) is 7.25. The first-order valence-electron chi connectivity index (χ1n) is 3.94. The average Bonchev–Trinajstić information content (AvgIpc) is 2.13. The third-order valence-corrected chi connectivity index (χ3v) is 2.39. The molecule has 0 spiro atoms. The van der Waals surface area contributed by atoms with Crippen LogP contribution < -0.4 is 4.74 Å². The summed E-state index contributed by atoms with van der Waals surface area (Å²) in [5, 5.41) is 18.4. The summed E-state index contributed by atoms with van der Waals surface area (Å²) >= 11 is 2.00. The van der Waals surface area contributed by atoms with Crippen LogP contribution in [-0.2, 0) is 6.61 Å². The Bertz CT molecular complexity index is 299. The number of halogens is 1. The van der Waals surface area contributed by atoms with Crippen molar-refractivity contribution in [2.45, 2.75) is 13.5 Å². The second kappa shape index (κ2) is 4.66. The summed E-state index contributed by atoms with van der Waals surface area (Å²) in [6.45, 7) is 2.30. The molecule has 0 unspecified atom stereocenters. The molecule has 1 aromatic carbocycles. The SMILES string of the molecule is CCOc1cc(CO)cc(I)c1O. The number of rotatable bonds is 3. The Labute approximate surface area is 90.5 Å². The molecule has 0 radical (unpaired) electrons. The lowest BCUT2D eigenvalue weighted by Crippen LogP contribution is -1.95. The normalized spacial score (nSPS) is 10.1. The van der Waals surface area contributed by atoms with Gasteiger partial charge in [0.25, 0.3) is 0 Å². The molecule has 0 aliphatic rings. The zero-order chi connectivity index (χ0) is 9.84. The number of aliphatic hydroxyl groups is 1. The predicted octanol–water partition coefficient (Wildman–Crippen LogP) is 1.89. The molecular formula is C9H11IO3. The lowest BCUT2D eigenvalue weighted by atomic mass is 10.2. The van der Waals surface area contributed by atoms with E-state index in [4.69, 9.17) is 9.84 Å². The van der Waals surface area contributed by atoms with Crippen LogP contribution in [0.3, 0.4) is 0 Å². The van der Waals surface area contributed by atoms with Crippen LogP contribution in [0.1, 0.15) is 12.5 Å². The highest BCUT2D eigenvalue weighted by atomic mass is 127. The van der Waals surface area contributed by atoms with Crippen LogP contribution in [0.25, 0.3) is 0 Å². The number of hydrogen-bond donors (Lipinski definition) is 2. The second-order valence-electron chi connectivity index (χ2n) is 2.52. The van der Waals surface area contributed by atoms with Gasteiger partial charge in [-0.25, -0.2) is 0 Å². The first-order valence-corrected chi connectivity index (χ1v) is 5.02. The fourth-order valence-corrected chi connectivity index (χ4v) is 1.65. The van der Waals surface area contributed by atoms with Crippen molar-refractivity contribution in [2.75, 3.05) is 6.61 Å². The second-order valence-corrected chi connectivity index (χ2v) is 3.68. The van der Waals surface area contributed by atoms with E-state index in [1.165, 1.54) is 0 Å². The standard InChI is InChI=1S/C9H11IO3/c1-2-13-8-4-6(5-11)3-7(10)9(8)12/h3-4,11-12H,2,5H2,1H3. The van der Waals surface area contributed by atoms with E-state index in [2.05, 4.69) is 0 Å². The average molecular weight is 294 g/mol. The van der Waals surface area contributed by atoms with Gasteiger partial charge in [-0.1, -0.05) is 0 Å². The Balaban J connectivity index is 3.09. The van der Waals surface area contributed by atoms with Crippen LogP contribution in [0.5, 0.6) is 11.5 Å². The van der Waals surface area contributed by atoms with Gasteiger partial charge in [0.1, 0.15) is 0 Å². The number of aromatic hydroxyl groups is 1. The highest BCUT2D eigenvalue weighted by Crippen LogP contribution is 2.32. The topological polar surface area (TPSA) is 49.7 Å². The largest absolute Gasteiger partial charge is 0.504 e. The minimum Gasteiger partial charge on any atom is -0.504 e. The molecule has 0 aliphatic carbocycles. The van der Waals surface area contributed by atoms with Gasteiger partial charge in [0.2, 0.25) is 0 Å². The first-order chi connectivity index (χ1) is 6.19. The molecule has 0 aromatic heterocycles. The summed E-state index contributed by atoms with van der Waals surface area (Å²) in [6, 6.07) is 3.36. The fourth-order valence-electron chi connectivity index (χ4n) is 0.984. The predicted molar refractivity (Wildman–Crippen MR) is 57.9 cm³/mol. The van der Waals surface area contributed by atoms with Gasteiger partial charge in [-0.3, -0.25) is 0 Å². The lowest BCUT2D eigenvalue weighted by molar-refractivity contribution is 0.278. The van der Waals surface area contributed by atoms with E-state index >= 15 is 0 Å². The molecule has 0 saturated heterocycles. The number of phenolic OH excluding ortho intramolecular Hbond substituents is 1. The van der Waals surface area contributed by atoms with Crippen LogP contribution in [0.15, 0.2) is 12.1 Å². The van der Waals surface area contributed by atoms with Crippen molar-refractivity contribution < 1.29 is 14.9 Å². The van der Waals surface area contributed by atoms with Crippen molar-refractivity contribution in [1.82, 2.24) is 0 Å². The van der Waals surface area contributed by atoms with Crippen LogP contribution in [0.4, 0.5) is 0 Å². The summed E-state index contributed by atoms with van der Waals surface area (Å²) in [7, 11) is 0. The molecule has 1 rings (SSSR count). The summed E-state index contributed by atoms with van der Waals surface area (Å²) < 4.78 is 5.88. The number of phenols is 1. The molecule has 0 saturated carbocycles. The molecule has 0 bridgehead atoms. The Morgan fingerprint density at radius 1 is 1.46 bits per heavy atom. The highest BCUT2D eigenvalue weighted by molar-refractivity contribution is 14.1. The van der Waals surface area contributed by atoms with E-state index in [0.29, 0.717) is 15.9 Å². The zero-order valence-corrected chi connectivity index (χ0v) is 9.41. The summed E-state index contributed by atoms with van der Waals surface area (Å²) in [4.78, 5) is 0. The Morgan fingerprint density at radius 3 is 2.69 bits per heavy atom. The third-order valence-electron chi connectivity index (χ3n) is 1.57. The van der Waals surface area contributed by atoms with Crippen molar-refractivity contribution in [1.29, 1.82) is 0 Å². The molecule has 0 aliphatic heterocycles. The molecule has 3 nitrogen and oxygen atoms in total. The first kappa shape index (κ1) is 10.6. The number of benzene rings is 1. The fraction of sp³-hybridized carbons (Fsp3) is 0.333. The van der Waals surface area contributed by atoms with Gasteiger partial charge in [-0.05, 0) is 47.2 Å². The Kier molecular flexibility index (Phi) is 3.80. The third kappa shape index (κ3) is 2.47. The quantitative estimate of drug-likeness (QED) is 0.837. The molecule has 4 heteroatoms. The van der Waals surface area contributed by atoms with Crippen LogP contribution in [0, 0.1) is 3.57 Å². The van der Waals surface area contributed by atoms with E-state index in [1.807, 2.05) is 29.5 Å². The molecule has 2 N–H and O–H groups in total. The summed E-state index contributed by atoms with van der Waals surface area (Å²) in [5.41, 5.74) is 0.741. The molecule has 1 aromatic rings. The smallest absolute Gasteiger partial charge is 0.171 e. The number of hydrogen-bond acceptors (Lipinski definition) is 3. The molecule has 0 amide bonds. The maximum Gasteiger partial charge on any atom is 0.171 e. The van der Waals surface area contributed by atoms with Crippen LogP contribution >= 0.6 is 22.6 Å². The van der Waals surface area contributed by atoms with Gasteiger partial charge in [0, 0.05) is 0 Å². The number of aliphatic hydroxyl groups excluding tert-OH is 1. The van der Waals surface area contributed by atoms with Crippen molar-refractivity contribution in [3.8, 4) is 11.5 Å². The molecule has 0 fully saturated rings. The van der Waals surface area contributed by atoms with E-state index in [0.717, 1.165) is 5.56 Å². The van der Waals surface area contributed by atoms with E-state index < -0.39 is 0 Å². The monoisotopic (exact) mass is 294 g/mol. The van der Waals surface area contributed by atoms with Gasteiger partial charge in [-0.2, -0.15) is 0 Å². The van der Waals surface area contributed by atoms with Crippen LogP contribution in [-0.4, -0.2) is 16.8 Å². The molecule has 0 heterocycles. The Morgan fingerprint density at radius 2 is 2.15 bits per heavy atom. The summed E-state index contributed by atoms with van der Waals surface area (Å²) in [5.74, 6) is 0.568. The molecule has 72 valence electrons. The minimum atomic E-state index is -0.0453. The molecule has 0 atom stereocenters. The van der Waals surface area contributed by atoms with E-state index in [-0.39, 0.29) is 12.4 Å². The van der Waals surface area contributed by atoms with Gasteiger partial charge in [0.05, 0.1) is 16.8 Å². The van der Waals surface area contributed by atoms with Crippen molar-refractivity contribution in [3.63, 3.8) is 0 Å². The maximum absolute atomic E-state index is 9.53. The van der Waals surface area contributed by atoms with Gasteiger partial charge < -0.3 is 14.9 Å². The van der Waals surface area contributed by atoms with Crippen LogP contribution in [0.2, 0.25) is 0 Å². The summed E-state index contributed by atoms with van der Waals surface area (Å²) in [6.07, 6.45) is 0. The van der Waals surface area contributed by atoms with E-state index in [9.17, 15) is 5.11 Å². The van der Waals surface area contributed by atoms with E-state index in [1.54, 1.807) is 12.1 Å². The maximum atomic E-state index is 9.53. The van der Waals surface area contributed by atoms with Gasteiger partial charge in [-0.15, -0.1) is 0 Å².